The highest BCUT2D eigenvalue weighted by atomic mass is 28.5. The van der Waals surface area contributed by atoms with Crippen molar-refractivity contribution in [2.75, 3.05) is 41.3 Å². The molecule has 0 aromatic heterocycles. The summed E-state index contributed by atoms with van der Waals surface area (Å²) >= 11 is 0. The first kappa shape index (κ1) is 22.2. The van der Waals surface area contributed by atoms with Crippen molar-refractivity contribution >= 4 is 25.2 Å². The van der Waals surface area contributed by atoms with Crippen molar-refractivity contribution in [2.24, 2.45) is 0 Å². The lowest BCUT2D eigenvalue weighted by Crippen LogP contribution is -2.83. The molecule has 0 fully saturated rings. The first-order valence-corrected chi connectivity index (χ1v) is 16.6. The second-order valence-electron chi connectivity index (χ2n) is 7.58. The number of rotatable bonds is 9. The van der Waals surface area contributed by atoms with Crippen LogP contribution in [-0.4, -0.2) is 84.1 Å². The molecule has 0 aliphatic rings. The molecule has 1 unspecified atom stereocenters. The van der Waals surface area contributed by atoms with Crippen LogP contribution < -0.4 is 0 Å². The molecule has 0 saturated heterocycles. The Labute approximate surface area is 143 Å². The summed E-state index contributed by atoms with van der Waals surface area (Å²) in [6, 6.07) is 0. The minimum Gasteiger partial charge on any atom is -0.328 e. The van der Waals surface area contributed by atoms with Crippen molar-refractivity contribution in [3.63, 3.8) is 0 Å². The van der Waals surface area contributed by atoms with E-state index in [2.05, 4.69) is 105 Å². The Bertz CT molecular complexity index is 348. The molecule has 0 spiro atoms. The lowest BCUT2D eigenvalue weighted by atomic mass is 10.7. The zero-order chi connectivity index (χ0) is 17.9. The fourth-order valence-electron chi connectivity index (χ4n) is 3.40. The summed E-state index contributed by atoms with van der Waals surface area (Å²) in [6.07, 6.45) is 0. The molecule has 7 heteroatoms. The summed E-state index contributed by atoms with van der Waals surface area (Å²) in [5.41, 5.74) is 2.30. The van der Waals surface area contributed by atoms with Gasteiger partial charge in [-0.25, -0.2) is 0 Å². The van der Waals surface area contributed by atoms with Gasteiger partial charge in [0, 0.05) is 0 Å². The Kier molecular flexibility index (Phi) is 7.95. The van der Waals surface area contributed by atoms with Gasteiger partial charge >= 0.3 is 0 Å². The maximum absolute atomic E-state index is 4.30. The van der Waals surface area contributed by atoms with E-state index in [4.69, 9.17) is 0 Å². The molecule has 0 radical (unpaired) electrons. The van der Waals surface area contributed by atoms with Crippen molar-refractivity contribution in [2.45, 2.75) is 46.6 Å². The topological polar surface area (TPSA) is 13.0 Å². The Morgan fingerprint density at radius 3 is 1.27 bits per heavy atom. The summed E-state index contributed by atoms with van der Waals surface area (Å²) in [6.45, 7) is 23.5. The summed E-state index contributed by atoms with van der Waals surface area (Å²) in [7, 11) is 3.64. The van der Waals surface area contributed by atoms with Crippen LogP contribution in [0.15, 0.2) is 12.3 Å². The van der Waals surface area contributed by atoms with E-state index in [1.807, 2.05) is 0 Å². The molecular weight excluding hydrogens is 320 g/mol. The third kappa shape index (κ3) is 4.00. The van der Waals surface area contributed by atoms with E-state index in [0.717, 1.165) is 13.1 Å². The van der Waals surface area contributed by atoms with E-state index < -0.39 is 25.2 Å². The van der Waals surface area contributed by atoms with Gasteiger partial charge in [0.05, 0.1) is 0 Å². The number of hydrogen-bond donors (Lipinski definition) is 0. The van der Waals surface area contributed by atoms with Gasteiger partial charge in [-0.15, -0.1) is 6.58 Å². The van der Waals surface area contributed by atoms with E-state index in [-0.39, 0.29) is 0 Å². The maximum Gasteiger partial charge on any atom is 0.217 e. The van der Waals surface area contributed by atoms with Crippen LogP contribution >= 0.6 is 0 Å². The van der Waals surface area contributed by atoms with Crippen LogP contribution in [0.2, 0.25) is 32.7 Å². The highest BCUT2D eigenvalue weighted by Gasteiger charge is 2.54. The van der Waals surface area contributed by atoms with Gasteiger partial charge in [0.1, 0.15) is 0 Å². The van der Waals surface area contributed by atoms with E-state index in [9.17, 15) is 0 Å². The van der Waals surface area contributed by atoms with Crippen LogP contribution in [-0.2, 0) is 0 Å². The predicted molar refractivity (Wildman–Crippen MR) is 109 cm³/mol. The van der Waals surface area contributed by atoms with Gasteiger partial charge in [-0.05, 0) is 74.0 Å². The Hall–Kier alpha value is 0.231. The molecule has 132 valence electrons. The first-order chi connectivity index (χ1) is 9.83. The molecule has 0 N–H and O–H groups in total. The molecule has 1 atom stereocenters. The third-order valence-electron chi connectivity index (χ3n) is 5.53. The lowest BCUT2D eigenvalue weighted by Gasteiger charge is -2.60. The van der Waals surface area contributed by atoms with Crippen molar-refractivity contribution in [1.82, 2.24) is 17.6 Å². The highest BCUT2D eigenvalue weighted by molar-refractivity contribution is 7.04. The average molecular weight is 361 g/mol. The Morgan fingerprint density at radius 1 is 0.773 bits per heavy atom. The van der Waals surface area contributed by atoms with Crippen molar-refractivity contribution in [3.8, 4) is 0 Å². The van der Waals surface area contributed by atoms with Crippen LogP contribution in [0.3, 0.4) is 0 Å². The molecule has 0 aromatic carbocycles. The fraction of sp³-hybridized carbons (Fsp3) is 0.867. The van der Waals surface area contributed by atoms with Gasteiger partial charge in [0.2, 0.25) is 8.40 Å². The van der Waals surface area contributed by atoms with Crippen molar-refractivity contribution in [1.29, 1.82) is 0 Å². The molecule has 22 heavy (non-hydrogen) atoms. The molecule has 0 amide bonds. The smallest absolute Gasteiger partial charge is 0.217 e. The van der Waals surface area contributed by atoms with Crippen molar-refractivity contribution in [3.05, 3.63) is 12.3 Å². The van der Waals surface area contributed by atoms with Gasteiger partial charge < -0.3 is 17.6 Å². The van der Waals surface area contributed by atoms with Gasteiger partial charge in [-0.2, -0.15) is 0 Å². The van der Waals surface area contributed by atoms with Crippen molar-refractivity contribution < 1.29 is 0 Å². The summed E-state index contributed by atoms with van der Waals surface area (Å²) < 4.78 is 10.6. The minimum absolute atomic E-state index is 1.09. The molecule has 0 bridgehead atoms. The first-order valence-electron chi connectivity index (χ1n) is 8.37. The second kappa shape index (κ2) is 7.87. The quantitative estimate of drug-likeness (QED) is 0.586. The van der Waals surface area contributed by atoms with Gasteiger partial charge in [0.15, 0.2) is 16.8 Å². The Balaban J connectivity index is 6.34. The van der Waals surface area contributed by atoms with Crippen LogP contribution in [0.4, 0.5) is 0 Å². The third-order valence-corrected chi connectivity index (χ3v) is 25.0. The molecule has 0 saturated carbocycles. The summed E-state index contributed by atoms with van der Waals surface area (Å²) in [4.78, 5) is 0. The maximum atomic E-state index is 4.30. The molecule has 0 rings (SSSR count). The summed E-state index contributed by atoms with van der Waals surface area (Å²) in [5, 5.41) is 0. The standard InChI is InChI=1S/C15H40N4Si3/c1-13-18(14-2)22(12,15-3)19(20(8,9)16(4)5)21(10,11)17(6)7/h15H,3,13-14H2,1-2,4-12H3. The van der Waals surface area contributed by atoms with E-state index in [1.165, 1.54) is 0 Å². The molecule has 4 nitrogen and oxygen atoms in total. The van der Waals surface area contributed by atoms with Gasteiger partial charge in [-0.1, -0.05) is 19.5 Å². The zero-order valence-electron chi connectivity index (χ0n) is 17.0. The Morgan fingerprint density at radius 2 is 1.09 bits per heavy atom. The zero-order valence-corrected chi connectivity index (χ0v) is 20.0. The largest absolute Gasteiger partial charge is 0.328 e. The number of hydrogen-bond acceptors (Lipinski definition) is 4. The van der Waals surface area contributed by atoms with E-state index >= 15 is 0 Å². The van der Waals surface area contributed by atoms with Gasteiger partial charge in [0.25, 0.3) is 0 Å². The minimum atomic E-state index is -1.91. The summed E-state index contributed by atoms with van der Waals surface area (Å²) in [5.74, 6) is 0. The fourth-order valence-corrected chi connectivity index (χ4v) is 24.2. The molecule has 0 aliphatic heterocycles. The molecule has 0 aliphatic carbocycles. The SMILES string of the molecule is C=C[Si](C)(N(CC)CC)N([Si](C)(C)N(C)C)[Si](C)(C)N(C)C. The van der Waals surface area contributed by atoms with Crippen LogP contribution in [0.1, 0.15) is 13.8 Å². The van der Waals surface area contributed by atoms with E-state index in [1.54, 1.807) is 0 Å². The van der Waals surface area contributed by atoms with Crippen LogP contribution in [0.25, 0.3) is 0 Å². The monoisotopic (exact) mass is 360 g/mol. The van der Waals surface area contributed by atoms with Crippen LogP contribution in [0, 0.1) is 0 Å². The number of nitrogens with zero attached hydrogens (tertiary/aromatic N) is 4. The lowest BCUT2D eigenvalue weighted by molar-refractivity contribution is 0.427. The molecular formula is C15H40N4Si3. The second-order valence-corrected chi connectivity index (χ2v) is 21.3. The normalized spacial score (nSPS) is 16.7. The van der Waals surface area contributed by atoms with Crippen LogP contribution in [0.5, 0.6) is 0 Å². The highest BCUT2D eigenvalue weighted by Crippen LogP contribution is 2.32. The van der Waals surface area contributed by atoms with Gasteiger partial charge in [-0.3, -0.25) is 0 Å². The molecule has 0 heterocycles. The molecule has 0 aromatic rings. The predicted octanol–water partition coefficient (Wildman–Crippen LogP) is 2.95. The average Bonchev–Trinajstić information content (AvgIpc) is 2.38. The van der Waals surface area contributed by atoms with E-state index in [0.29, 0.717) is 0 Å².